The standard InChI is InChI=1S/C15H18N2O3/c1-9(2)16-14(19)6-5-13(18)10-3-4-12-11(7-10)8-15(20)17-12/h3-4,7,9H,5-6,8H2,1-2H3,(H,16,19)(H,17,20). The molecule has 0 fully saturated rings. The fourth-order valence-corrected chi connectivity index (χ4v) is 2.17. The molecule has 2 amide bonds. The van der Waals surface area contributed by atoms with E-state index in [1.54, 1.807) is 18.2 Å². The zero-order valence-electron chi connectivity index (χ0n) is 11.7. The maximum absolute atomic E-state index is 12.0. The monoisotopic (exact) mass is 274 g/mol. The van der Waals surface area contributed by atoms with Crippen molar-refractivity contribution in [2.45, 2.75) is 39.2 Å². The Hall–Kier alpha value is -2.17. The molecule has 5 heteroatoms. The van der Waals surface area contributed by atoms with Crippen LogP contribution in [-0.4, -0.2) is 23.6 Å². The minimum atomic E-state index is -0.119. The van der Waals surface area contributed by atoms with Crippen molar-refractivity contribution >= 4 is 23.3 Å². The van der Waals surface area contributed by atoms with Crippen LogP contribution in [-0.2, 0) is 16.0 Å². The summed E-state index contributed by atoms with van der Waals surface area (Å²) < 4.78 is 0. The Bertz CT molecular complexity index is 564. The molecular weight excluding hydrogens is 256 g/mol. The number of amides is 2. The predicted molar refractivity (Wildman–Crippen MR) is 75.6 cm³/mol. The lowest BCUT2D eigenvalue weighted by Crippen LogP contribution is -2.30. The second kappa shape index (κ2) is 5.86. The van der Waals surface area contributed by atoms with Crippen LogP contribution in [0.5, 0.6) is 0 Å². The number of hydrogen-bond acceptors (Lipinski definition) is 3. The Morgan fingerprint density at radius 3 is 2.75 bits per heavy atom. The molecule has 0 bridgehead atoms. The number of Topliss-reactive ketones (excluding diaryl/α,β-unsaturated/α-hetero) is 1. The molecule has 0 atom stereocenters. The van der Waals surface area contributed by atoms with Gasteiger partial charge >= 0.3 is 0 Å². The summed E-state index contributed by atoms with van der Waals surface area (Å²) in [4.78, 5) is 34.8. The number of anilines is 1. The van der Waals surface area contributed by atoms with Gasteiger partial charge in [0, 0.05) is 30.1 Å². The van der Waals surface area contributed by atoms with E-state index in [0.29, 0.717) is 12.0 Å². The summed E-state index contributed by atoms with van der Waals surface area (Å²) in [6.07, 6.45) is 0.675. The van der Waals surface area contributed by atoms with Gasteiger partial charge in [0.25, 0.3) is 0 Å². The molecule has 0 aromatic heterocycles. The first-order chi connectivity index (χ1) is 9.45. The van der Waals surface area contributed by atoms with Crippen LogP contribution >= 0.6 is 0 Å². The van der Waals surface area contributed by atoms with E-state index in [-0.39, 0.29) is 36.5 Å². The topological polar surface area (TPSA) is 75.3 Å². The van der Waals surface area contributed by atoms with E-state index >= 15 is 0 Å². The highest BCUT2D eigenvalue weighted by molar-refractivity contribution is 6.02. The van der Waals surface area contributed by atoms with Crippen molar-refractivity contribution in [3.63, 3.8) is 0 Å². The van der Waals surface area contributed by atoms with Gasteiger partial charge in [0.15, 0.2) is 5.78 Å². The van der Waals surface area contributed by atoms with Crippen LogP contribution in [0.25, 0.3) is 0 Å². The third-order valence-corrected chi connectivity index (χ3v) is 3.08. The van der Waals surface area contributed by atoms with Gasteiger partial charge in [0.05, 0.1) is 6.42 Å². The summed E-state index contributed by atoms with van der Waals surface area (Å²) in [6, 6.07) is 5.24. The Morgan fingerprint density at radius 2 is 2.05 bits per heavy atom. The molecule has 0 radical (unpaired) electrons. The molecule has 0 saturated heterocycles. The molecule has 0 aliphatic carbocycles. The lowest BCUT2D eigenvalue weighted by Gasteiger charge is -2.08. The Balaban J connectivity index is 1.95. The van der Waals surface area contributed by atoms with Gasteiger partial charge in [0.1, 0.15) is 0 Å². The molecule has 2 rings (SSSR count). The van der Waals surface area contributed by atoms with Gasteiger partial charge in [-0.3, -0.25) is 14.4 Å². The molecule has 1 aromatic carbocycles. The molecule has 1 aliphatic rings. The van der Waals surface area contributed by atoms with E-state index in [1.807, 2.05) is 13.8 Å². The lowest BCUT2D eigenvalue weighted by atomic mass is 10.0. The van der Waals surface area contributed by atoms with E-state index < -0.39 is 0 Å². The highest BCUT2D eigenvalue weighted by Crippen LogP contribution is 2.24. The van der Waals surface area contributed by atoms with E-state index in [1.165, 1.54) is 0 Å². The molecule has 1 aromatic rings. The van der Waals surface area contributed by atoms with Gasteiger partial charge in [-0.15, -0.1) is 0 Å². The first-order valence-electron chi connectivity index (χ1n) is 6.71. The number of nitrogens with one attached hydrogen (secondary N) is 2. The zero-order valence-corrected chi connectivity index (χ0v) is 11.7. The summed E-state index contributed by atoms with van der Waals surface area (Å²) in [5, 5.41) is 5.47. The molecule has 0 spiro atoms. The number of rotatable bonds is 5. The van der Waals surface area contributed by atoms with Crippen molar-refractivity contribution in [1.29, 1.82) is 0 Å². The number of fused-ring (bicyclic) bond motifs is 1. The molecule has 106 valence electrons. The van der Waals surface area contributed by atoms with E-state index in [9.17, 15) is 14.4 Å². The molecule has 1 heterocycles. The fraction of sp³-hybridized carbons (Fsp3) is 0.400. The first kappa shape index (κ1) is 14.2. The van der Waals surface area contributed by atoms with Crippen LogP contribution in [0, 0.1) is 0 Å². The van der Waals surface area contributed by atoms with Crippen molar-refractivity contribution in [2.24, 2.45) is 0 Å². The number of carbonyl (C=O) groups is 3. The third kappa shape index (κ3) is 3.44. The van der Waals surface area contributed by atoms with Crippen LogP contribution in [0.15, 0.2) is 18.2 Å². The van der Waals surface area contributed by atoms with Crippen LogP contribution < -0.4 is 10.6 Å². The summed E-state index contributed by atoms with van der Waals surface area (Å²) in [5.74, 6) is -0.252. The number of hydrogen-bond donors (Lipinski definition) is 2. The maximum atomic E-state index is 12.0. The van der Waals surface area contributed by atoms with E-state index in [2.05, 4.69) is 10.6 Å². The quantitative estimate of drug-likeness (QED) is 0.802. The van der Waals surface area contributed by atoms with Gasteiger partial charge in [-0.1, -0.05) is 0 Å². The fourth-order valence-electron chi connectivity index (χ4n) is 2.17. The summed E-state index contributed by atoms with van der Waals surface area (Å²) >= 11 is 0. The minimum absolute atomic E-state index is 0.0547. The minimum Gasteiger partial charge on any atom is -0.354 e. The zero-order chi connectivity index (χ0) is 14.7. The molecule has 2 N–H and O–H groups in total. The molecule has 20 heavy (non-hydrogen) atoms. The number of ketones is 1. The van der Waals surface area contributed by atoms with Gasteiger partial charge in [-0.05, 0) is 37.6 Å². The average Bonchev–Trinajstić information content (AvgIpc) is 2.74. The van der Waals surface area contributed by atoms with Gasteiger partial charge in [0.2, 0.25) is 11.8 Å². The van der Waals surface area contributed by atoms with Crippen molar-refractivity contribution < 1.29 is 14.4 Å². The molecule has 0 unspecified atom stereocenters. The van der Waals surface area contributed by atoms with Crippen LogP contribution in [0.2, 0.25) is 0 Å². The highest BCUT2D eigenvalue weighted by Gasteiger charge is 2.19. The Labute approximate surface area is 117 Å². The largest absolute Gasteiger partial charge is 0.354 e. The third-order valence-electron chi connectivity index (χ3n) is 3.08. The smallest absolute Gasteiger partial charge is 0.228 e. The summed E-state index contributed by atoms with van der Waals surface area (Å²) in [6.45, 7) is 3.76. The normalized spacial score (nSPS) is 13.1. The second-order valence-electron chi connectivity index (χ2n) is 5.24. The highest BCUT2D eigenvalue weighted by atomic mass is 16.2. The van der Waals surface area contributed by atoms with Crippen LogP contribution in [0.4, 0.5) is 5.69 Å². The Kier molecular flexibility index (Phi) is 4.17. The van der Waals surface area contributed by atoms with Crippen molar-refractivity contribution in [1.82, 2.24) is 5.32 Å². The lowest BCUT2D eigenvalue weighted by molar-refractivity contribution is -0.121. The average molecular weight is 274 g/mol. The van der Waals surface area contributed by atoms with Crippen LogP contribution in [0.1, 0.15) is 42.6 Å². The van der Waals surface area contributed by atoms with Crippen molar-refractivity contribution in [3.05, 3.63) is 29.3 Å². The van der Waals surface area contributed by atoms with Crippen molar-refractivity contribution in [3.8, 4) is 0 Å². The molecular formula is C15H18N2O3. The number of benzene rings is 1. The molecule has 0 saturated carbocycles. The van der Waals surface area contributed by atoms with Gasteiger partial charge < -0.3 is 10.6 Å². The first-order valence-corrected chi connectivity index (χ1v) is 6.71. The van der Waals surface area contributed by atoms with Gasteiger partial charge in [-0.2, -0.15) is 0 Å². The van der Waals surface area contributed by atoms with Crippen LogP contribution in [0.3, 0.4) is 0 Å². The SMILES string of the molecule is CC(C)NC(=O)CCC(=O)c1ccc2c(c1)CC(=O)N2. The molecule has 5 nitrogen and oxygen atoms in total. The van der Waals surface area contributed by atoms with Gasteiger partial charge in [-0.25, -0.2) is 0 Å². The van der Waals surface area contributed by atoms with Crippen molar-refractivity contribution in [2.75, 3.05) is 5.32 Å². The second-order valence-corrected chi connectivity index (χ2v) is 5.24. The van der Waals surface area contributed by atoms with E-state index in [0.717, 1.165) is 11.3 Å². The maximum Gasteiger partial charge on any atom is 0.228 e. The predicted octanol–water partition coefficient (Wildman–Crippen LogP) is 1.67. The number of carbonyl (C=O) groups excluding carboxylic acids is 3. The summed E-state index contributed by atoms with van der Waals surface area (Å²) in [7, 11) is 0. The molecule has 1 aliphatic heterocycles. The Morgan fingerprint density at radius 1 is 1.30 bits per heavy atom. The van der Waals surface area contributed by atoms with E-state index in [4.69, 9.17) is 0 Å². The summed E-state index contributed by atoms with van der Waals surface area (Å²) in [5.41, 5.74) is 2.16.